The fourth-order valence-corrected chi connectivity index (χ4v) is 5.03. The maximum atomic E-state index is 13.7. The van der Waals surface area contributed by atoms with Gasteiger partial charge in [-0.05, 0) is 48.9 Å². The molecule has 0 saturated carbocycles. The van der Waals surface area contributed by atoms with Crippen LogP contribution in [0, 0.1) is 0 Å². The molecule has 4 rings (SSSR count). The summed E-state index contributed by atoms with van der Waals surface area (Å²) >= 11 is 0. The van der Waals surface area contributed by atoms with Crippen molar-refractivity contribution in [2.24, 2.45) is 0 Å². The smallest absolute Gasteiger partial charge is 0.410 e. The molecule has 2 aromatic rings. The Morgan fingerprint density at radius 1 is 1.03 bits per heavy atom. The Morgan fingerprint density at radius 2 is 1.79 bits per heavy atom. The van der Waals surface area contributed by atoms with Crippen molar-refractivity contribution in [3.8, 4) is 5.75 Å². The van der Waals surface area contributed by atoms with E-state index in [1.165, 1.54) is 9.80 Å². The molecule has 2 heterocycles. The Bertz CT molecular complexity index is 1040. The number of methoxy groups -OCH3 is 1. The van der Waals surface area contributed by atoms with Crippen molar-refractivity contribution in [1.29, 1.82) is 0 Å². The maximum Gasteiger partial charge on any atom is 0.410 e. The average molecular weight is 467 g/mol. The number of carboxylic acid groups (broad SMARTS) is 1. The van der Waals surface area contributed by atoms with E-state index in [0.29, 0.717) is 44.5 Å². The number of hydrogen-bond acceptors (Lipinski definition) is 5. The van der Waals surface area contributed by atoms with Gasteiger partial charge in [-0.2, -0.15) is 0 Å². The lowest BCUT2D eigenvalue weighted by Crippen LogP contribution is -2.59. The van der Waals surface area contributed by atoms with Gasteiger partial charge in [-0.1, -0.05) is 42.5 Å². The van der Waals surface area contributed by atoms with Crippen LogP contribution in [-0.4, -0.2) is 64.7 Å². The third-order valence-corrected chi connectivity index (χ3v) is 6.76. The number of amides is 2. The van der Waals surface area contributed by atoms with Crippen molar-refractivity contribution in [3.63, 3.8) is 0 Å². The van der Waals surface area contributed by atoms with Crippen molar-refractivity contribution in [2.45, 2.75) is 50.3 Å². The van der Waals surface area contributed by atoms with Crippen molar-refractivity contribution in [3.05, 3.63) is 65.7 Å². The van der Waals surface area contributed by atoms with Gasteiger partial charge in [-0.3, -0.25) is 9.69 Å². The minimum atomic E-state index is -1.36. The number of hydrogen-bond donors (Lipinski definition) is 1. The van der Waals surface area contributed by atoms with E-state index in [4.69, 9.17) is 9.47 Å². The van der Waals surface area contributed by atoms with Gasteiger partial charge in [-0.15, -0.1) is 0 Å². The third kappa shape index (κ3) is 4.71. The second kappa shape index (κ2) is 10.2. The monoisotopic (exact) mass is 466 g/mol. The van der Waals surface area contributed by atoms with Crippen LogP contribution in [0.1, 0.15) is 36.8 Å². The summed E-state index contributed by atoms with van der Waals surface area (Å²) in [4.78, 5) is 41.9. The van der Waals surface area contributed by atoms with Crippen LogP contribution in [0.15, 0.2) is 54.6 Å². The van der Waals surface area contributed by atoms with Crippen molar-refractivity contribution >= 4 is 18.0 Å². The van der Waals surface area contributed by atoms with E-state index >= 15 is 0 Å². The molecular formula is C26H30N2O6. The first-order chi connectivity index (χ1) is 16.4. The number of nitrogens with zero attached hydrogens (tertiary/aromatic N) is 2. The minimum Gasteiger partial charge on any atom is -0.497 e. The molecule has 1 N–H and O–H groups in total. The number of carboxylic acids is 1. The Labute approximate surface area is 199 Å². The molecule has 2 aliphatic rings. The third-order valence-electron chi connectivity index (χ3n) is 6.76. The highest BCUT2D eigenvalue weighted by molar-refractivity contribution is 5.92. The Hall–Kier alpha value is -3.55. The first-order valence-electron chi connectivity index (χ1n) is 11.6. The van der Waals surface area contributed by atoms with Crippen molar-refractivity contribution < 1.29 is 29.0 Å². The van der Waals surface area contributed by atoms with Crippen LogP contribution in [0.5, 0.6) is 5.75 Å². The van der Waals surface area contributed by atoms with Crippen LogP contribution in [0.4, 0.5) is 4.79 Å². The summed E-state index contributed by atoms with van der Waals surface area (Å²) in [5.74, 6) is -0.716. The quantitative estimate of drug-likeness (QED) is 0.671. The average Bonchev–Trinajstić information content (AvgIpc) is 3.51. The topological polar surface area (TPSA) is 96.4 Å². The van der Waals surface area contributed by atoms with E-state index in [1.54, 1.807) is 19.2 Å². The van der Waals surface area contributed by atoms with Gasteiger partial charge >= 0.3 is 12.1 Å². The highest BCUT2D eigenvalue weighted by Gasteiger charge is 2.52. The summed E-state index contributed by atoms with van der Waals surface area (Å²) in [6, 6.07) is 15.9. The van der Waals surface area contributed by atoms with E-state index < -0.39 is 23.6 Å². The molecule has 2 amide bonds. The van der Waals surface area contributed by atoms with Crippen molar-refractivity contribution in [1.82, 2.24) is 9.80 Å². The van der Waals surface area contributed by atoms with E-state index in [1.807, 2.05) is 42.5 Å². The summed E-state index contributed by atoms with van der Waals surface area (Å²) in [7, 11) is 1.56. The van der Waals surface area contributed by atoms with Crippen LogP contribution in [0.25, 0.3) is 0 Å². The number of ether oxygens (including phenoxy) is 2. The summed E-state index contributed by atoms with van der Waals surface area (Å²) in [6.07, 6.45) is 1.73. The summed E-state index contributed by atoms with van der Waals surface area (Å²) < 4.78 is 10.7. The second-order valence-electron chi connectivity index (χ2n) is 8.85. The van der Waals surface area contributed by atoms with Crippen molar-refractivity contribution in [2.75, 3.05) is 20.2 Å². The van der Waals surface area contributed by atoms with Crippen LogP contribution in [0.2, 0.25) is 0 Å². The second-order valence-corrected chi connectivity index (χ2v) is 8.85. The number of rotatable bonds is 7. The van der Waals surface area contributed by atoms with Gasteiger partial charge in [0.2, 0.25) is 5.91 Å². The first kappa shape index (κ1) is 23.6. The zero-order valence-electron chi connectivity index (χ0n) is 19.3. The van der Waals surface area contributed by atoms with Gasteiger partial charge in [0.25, 0.3) is 0 Å². The zero-order valence-corrected chi connectivity index (χ0v) is 19.3. The first-order valence-corrected chi connectivity index (χ1v) is 11.6. The Morgan fingerprint density at radius 3 is 2.53 bits per heavy atom. The standard InChI is InChI=1S/C26H30N2O6/c1-33-21-11-5-10-20(16-21)17-26(24(30)31)13-7-15-28(26)23(29)22-12-6-14-27(22)25(32)34-18-19-8-3-2-4-9-19/h2-5,8-11,16,22H,6-7,12-15,17-18H2,1H3,(H,30,31)/t22-,26?/m0/s1. The SMILES string of the molecule is COc1cccc(CC2(C(=O)O)CCCN2C(=O)[C@@H]2CCCN2C(=O)OCc2ccccc2)c1. The molecule has 0 radical (unpaired) electrons. The minimum absolute atomic E-state index is 0.121. The number of aliphatic carboxylic acids is 1. The Balaban J connectivity index is 1.51. The molecule has 34 heavy (non-hydrogen) atoms. The number of carbonyl (C=O) groups excluding carboxylic acids is 2. The molecule has 2 aliphatic heterocycles. The van der Waals surface area contributed by atoms with Gasteiger partial charge in [0, 0.05) is 19.5 Å². The van der Waals surface area contributed by atoms with Crippen LogP contribution in [-0.2, 0) is 27.4 Å². The molecule has 8 nitrogen and oxygen atoms in total. The molecule has 0 bridgehead atoms. The van der Waals surface area contributed by atoms with Crippen LogP contribution < -0.4 is 4.74 Å². The molecule has 8 heteroatoms. The lowest BCUT2D eigenvalue weighted by molar-refractivity contribution is -0.158. The maximum absolute atomic E-state index is 13.7. The Kier molecular flexibility index (Phi) is 7.05. The molecule has 0 aromatic heterocycles. The lowest BCUT2D eigenvalue weighted by Gasteiger charge is -2.38. The van der Waals surface area contributed by atoms with E-state index in [0.717, 1.165) is 11.1 Å². The fraction of sp³-hybridized carbons (Fsp3) is 0.423. The molecule has 2 atom stereocenters. The van der Waals surface area contributed by atoms with E-state index in [-0.39, 0.29) is 18.9 Å². The number of carbonyl (C=O) groups is 3. The highest BCUT2D eigenvalue weighted by atomic mass is 16.6. The fourth-order valence-electron chi connectivity index (χ4n) is 5.03. The number of benzene rings is 2. The summed E-state index contributed by atoms with van der Waals surface area (Å²) in [5, 5.41) is 10.3. The molecular weight excluding hydrogens is 436 g/mol. The van der Waals surface area contributed by atoms with Gasteiger partial charge in [-0.25, -0.2) is 9.59 Å². The number of likely N-dealkylation sites (tertiary alicyclic amines) is 2. The summed E-state index contributed by atoms with van der Waals surface area (Å²) in [5.41, 5.74) is 0.290. The van der Waals surface area contributed by atoms with Gasteiger partial charge < -0.3 is 19.5 Å². The summed E-state index contributed by atoms with van der Waals surface area (Å²) in [6.45, 7) is 0.877. The predicted molar refractivity (Wildman–Crippen MR) is 124 cm³/mol. The van der Waals surface area contributed by atoms with Crippen LogP contribution in [0.3, 0.4) is 0 Å². The molecule has 0 aliphatic carbocycles. The normalized spacial score (nSPS) is 22.0. The predicted octanol–water partition coefficient (Wildman–Crippen LogP) is 3.48. The molecule has 2 aromatic carbocycles. The zero-order chi connectivity index (χ0) is 24.1. The van der Waals surface area contributed by atoms with E-state index in [9.17, 15) is 19.5 Å². The van der Waals surface area contributed by atoms with Gasteiger partial charge in [0.1, 0.15) is 23.9 Å². The largest absolute Gasteiger partial charge is 0.497 e. The molecule has 0 spiro atoms. The molecule has 2 saturated heterocycles. The van der Waals surface area contributed by atoms with E-state index in [2.05, 4.69) is 0 Å². The molecule has 1 unspecified atom stereocenters. The molecule has 180 valence electrons. The van der Waals surface area contributed by atoms with Gasteiger partial charge in [0.05, 0.1) is 7.11 Å². The molecule has 2 fully saturated rings. The van der Waals surface area contributed by atoms with Crippen LogP contribution >= 0.6 is 0 Å². The lowest BCUT2D eigenvalue weighted by atomic mass is 9.87. The highest BCUT2D eigenvalue weighted by Crippen LogP contribution is 2.36. The van der Waals surface area contributed by atoms with Gasteiger partial charge in [0.15, 0.2) is 0 Å².